The van der Waals surface area contributed by atoms with E-state index in [1.165, 1.54) is 44.9 Å². The number of ketones is 1. The molecule has 1 heteroatoms. The van der Waals surface area contributed by atoms with Gasteiger partial charge in [0.15, 0.2) is 0 Å². The number of hydrogen-bond acceptors (Lipinski definition) is 1. The quantitative estimate of drug-likeness (QED) is 0.566. The summed E-state index contributed by atoms with van der Waals surface area (Å²) in [5.74, 6) is 0.489. The molecule has 1 saturated carbocycles. The predicted octanol–water partition coefficient (Wildman–Crippen LogP) is 4.50. The molecule has 15 heavy (non-hydrogen) atoms. The number of carbonyl (C=O) groups excluding carboxylic acids is 1. The van der Waals surface area contributed by atoms with Crippen LogP contribution in [-0.2, 0) is 4.79 Å². The molecule has 0 aromatic carbocycles. The molecule has 0 aliphatic heterocycles. The minimum absolute atomic E-state index is 0.363. The van der Waals surface area contributed by atoms with Gasteiger partial charge < -0.3 is 0 Å². The van der Waals surface area contributed by atoms with E-state index in [4.69, 9.17) is 0 Å². The fraction of sp³-hybridized carbons (Fsp3) is 0.929. The van der Waals surface area contributed by atoms with E-state index in [1.54, 1.807) is 0 Å². The smallest absolute Gasteiger partial charge is 0.133 e. The molecule has 0 saturated heterocycles. The summed E-state index contributed by atoms with van der Waals surface area (Å²) in [6.07, 6.45) is 12.3. The van der Waals surface area contributed by atoms with Crippen LogP contribution >= 0.6 is 0 Å². The summed E-state index contributed by atoms with van der Waals surface area (Å²) in [5, 5.41) is 0. The molecule has 1 fully saturated rings. The fourth-order valence-electron chi connectivity index (χ4n) is 2.64. The first-order chi connectivity index (χ1) is 7.16. The van der Waals surface area contributed by atoms with Crippen molar-refractivity contribution >= 4 is 5.78 Å². The maximum absolute atomic E-state index is 11.2. The lowest BCUT2D eigenvalue weighted by Crippen LogP contribution is -2.11. The third-order valence-corrected chi connectivity index (χ3v) is 3.77. The van der Waals surface area contributed by atoms with Gasteiger partial charge in [-0.25, -0.2) is 0 Å². The van der Waals surface area contributed by atoms with E-state index in [1.807, 2.05) is 0 Å². The van der Waals surface area contributed by atoms with Gasteiger partial charge in [0.25, 0.3) is 0 Å². The monoisotopic (exact) mass is 210 g/mol. The van der Waals surface area contributed by atoms with Gasteiger partial charge in [-0.05, 0) is 18.3 Å². The maximum Gasteiger partial charge on any atom is 0.133 e. The lowest BCUT2D eigenvalue weighted by atomic mass is 9.83. The van der Waals surface area contributed by atoms with Crippen molar-refractivity contribution in [3.63, 3.8) is 0 Å². The molecule has 1 aliphatic carbocycles. The highest BCUT2D eigenvalue weighted by atomic mass is 16.1. The Kier molecular flexibility index (Phi) is 5.35. The van der Waals surface area contributed by atoms with Crippen LogP contribution in [0.1, 0.15) is 78.1 Å². The van der Waals surface area contributed by atoms with E-state index in [0.717, 1.165) is 19.3 Å². The van der Waals surface area contributed by atoms with Gasteiger partial charge in [0.1, 0.15) is 5.78 Å². The fourth-order valence-corrected chi connectivity index (χ4v) is 2.64. The minimum Gasteiger partial charge on any atom is -0.300 e. The van der Waals surface area contributed by atoms with Crippen molar-refractivity contribution in [1.82, 2.24) is 0 Å². The Morgan fingerprint density at radius 2 is 1.80 bits per heavy atom. The Morgan fingerprint density at radius 1 is 1.13 bits per heavy atom. The first-order valence-corrected chi connectivity index (χ1v) is 6.68. The lowest BCUT2D eigenvalue weighted by molar-refractivity contribution is -0.118. The van der Waals surface area contributed by atoms with E-state index in [0.29, 0.717) is 11.2 Å². The highest BCUT2D eigenvalue weighted by Crippen LogP contribution is 2.39. The van der Waals surface area contributed by atoms with Gasteiger partial charge in [0.2, 0.25) is 0 Å². The van der Waals surface area contributed by atoms with Crippen LogP contribution in [0.15, 0.2) is 0 Å². The highest BCUT2D eigenvalue weighted by molar-refractivity contribution is 5.81. The summed E-state index contributed by atoms with van der Waals surface area (Å²) in [4.78, 5) is 11.2. The Hall–Kier alpha value is -0.330. The first-order valence-electron chi connectivity index (χ1n) is 6.68. The number of rotatable bonds is 7. The molecule has 0 spiro atoms. The summed E-state index contributed by atoms with van der Waals surface area (Å²) < 4.78 is 0. The molecule has 0 aromatic rings. The van der Waals surface area contributed by atoms with Crippen LogP contribution in [0.2, 0.25) is 0 Å². The Labute approximate surface area is 94.6 Å². The van der Waals surface area contributed by atoms with E-state index in [-0.39, 0.29) is 0 Å². The molecule has 0 radical (unpaired) electrons. The topological polar surface area (TPSA) is 17.1 Å². The van der Waals surface area contributed by atoms with Crippen LogP contribution in [0.5, 0.6) is 0 Å². The molecule has 1 atom stereocenters. The third kappa shape index (κ3) is 4.81. The van der Waals surface area contributed by atoms with Crippen molar-refractivity contribution < 1.29 is 4.79 Å². The number of Topliss-reactive ketones (excluding diaryl/α,β-unsaturated/α-hetero) is 1. The Balaban J connectivity index is 2.02. The van der Waals surface area contributed by atoms with Crippen LogP contribution in [0.25, 0.3) is 0 Å². The van der Waals surface area contributed by atoms with Gasteiger partial charge in [0.05, 0.1) is 0 Å². The number of unbranched alkanes of at least 4 members (excludes halogenated alkanes) is 5. The van der Waals surface area contributed by atoms with Gasteiger partial charge in [-0.1, -0.05) is 52.4 Å². The van der Waals surface area contributed by atoms with E-state index >= 15 is 0 Å². The summed E-state index contributed by atoms with van der Waals surface area (Å²) in [7, 11) is 0. The molecule has 0 heterocycles. The molecule has 1 unspecified atom stereocenters. The van der Waals surface area contributed by atoms with Gasteiger partial charge in [-0.15, -0.1) is 0 Å². The number of hydrogen-bond donors (Lipinski definition) is 0. The average Bonchev–Trinajstić information content (AvgIpc) is 2.53. The summed E-state index contributed by atoms with van der Waals surface area (Å²) in [6.45, 7) is 4.55. The minimum atomic E-state index is 0.363. The molecule has 0 N–H and O–H groups in total. The molecule has 0 bridgehead atoms. The van der Waals surface area contributed by atoms with Crippen molar-refractivity contribution in [3.05, 3.63) is 0 Å². The zero-order valence-electron chi connectivity index (χ0n) is 10.5. The summed E-state index contributed by atoms with van der Waals surface area (Å²) >= 11 is 0. The van der Waals surface area contributed by atoms with Crippen molar-refractivity contribution in [2.75, 3.05) is 0 Å². The van der Waals surface area contributed by atoms with Gasteiger partial charge in [-0.3, -0.25) is 4.79 Å². The van der Waals surface area contributed by atoms with Crippen molar-refractivity contribution in [3.8, 4) is 0 Å². The van der Waals surface area contributed by atoms with Gasteiger partial charge in [-0.2, -0.15) is 0 Å². The predicted molar refractivity (Wildman–Crippen MR) is 65.0 cm³/mol. The Bertz CT molecular complexity index is 198. The van der Waals surface area contributed by atoms with Crippen LogP contribution in [0.4, 0.5) is 0 Å². The molecule has 1 rings (SSSR count). The summed E-state index contributed by atoms with van der Waals surface area (Å²) in [6, 6.07) is 0. The second kappa shape index (κ2) is 6.30. The molecular weight excluding hydrogens is 184 g/mol. The second-order valence-corrected chi connectivity index (χ2v) is 5.54. The molecule has 1 aliphatic rings. The van der Waals surface area contributed by atoms with Gasteiger partial charge >= 0.3 is 0 Å². The molecular formula is C14H26O. The molecule has 0 aromatic heterocycles. The van der Waals surface area contributed by atoms with Gasteiger partial charge in [0, 0.05) is 12.8 Å². The normalized spacial score (nSPS) is 26.1. The largest absolute Gasteiger partial charge is 0.300 e. The van der Waals surface area contributed by atoms with Crippen LogP contribution in [0.3, 0.4) is 0 Å². The first kappa shape index (κ1) is 12.7. The van der Waals surface area contributed by atoms with Crippen molar-refractivity contribution in [2.45, 2.75) is 78.1 Å². The van der Waals surface area contributed by atoms with E-state index in [2.05, 4.69) is 13.8 Å². The second-order valence-electron chi connectivity index (χ2n) is 5.54. The zero-order valence-corrected chi connectivity index (χ0v) is 10.5. The van der Waals surface area contributed by atoms with E-state index in [9.17, 15) is 4.79 Å². The molecule has 1 nitrogen and oxygen atoms in total. The standard InChI is InChI=1S/C14H26O/c1-3-4-5-6-7-8-10-14(2)11-9-13(15)12-14/h3-12H2,1-2H3. The maximum atomic E-state index is 11.2. The van der Waals surface area contributed by atoms with Crippen LogP contribution < -0.4 is 0 Å². The van der Waals surface area contributed by atoms with Crippen LogP contribution in [0, 0.1) is 5.41 Å². The van der Waals surface area contributed by atoms with Crippen LogP contribution in [-0.4, -0.2) is 5.78 Å². The zero-order chi connectivity index (χ0) is 11.1. The average molecular weight is 210 g/mol. The third-order valence-electron chi connectivity index (χ3n) is 3.77. The summed E-state index contributed by atoms with van der Waals surface area (Å²) in [5.41, 5.74) is 0.363. The van der Waals surface area contributed by atoms with Crippen molar-refractivity contribution in [2.24, 2.45) is 5.41 Å². The highest BCUT2D eigenvalue weighted by Gasteiger charge is 2.32. The molecule has 88 valence electrons. The van der Waals surface area contributed by atoms with E-state index < -0.39 is 0 Å². The molecule has 0 amide bonds. The number of carbonyl (C=O) groups is 1. The lowest BCUT2D eigenvalue weighted by Gasteiger charge is -2.22. The SMILES string of the molecule is CCCCCCCCC1(C)CCC(=O)C1. The Morgan fingerprint density at radius 3 is 2.40 bits per heavy atom. The van der Waals surface area contributed by atoms with Crippen molar-refractivity contribution in [1.29, 1.82) is 0 Å².